The summed E-state index contributed by atoms with van der Waals surface area (Å²) in [5.41, 5.74) is 0.335. The molecule has 0 aliphatic carbocycles. The maximum atomic E-state index is 13.9. The molecule has 0 spiro atoms. The van der Waals surface area contributed by atoms with E-state index < -0.39 is 29.7 Å². The van der Waals surface area contributed by atoms with Gasteiger partial charge in [-0.05, 0) is 53.9 Å². The largest absolute Gasteiger partial charge is 0.497 e. The fourth-order valence-corrected chi connectivity index (χ4v) is 4.06. The van der Waals surface area contributed by atoms with Gasteiger partial charge in [0.25, 0.3) is 5.91 Å². The van der Waals surface area contributed by atoms with Gasteiger partial charge in [0.05, 0.1) is 24.9 Å². The summed E-state index contributed by atoms with van der Waals surface area (Å²) in [7, 11) is 1.50. The molecule has 3 aromatic rings. The number of aliphatic hydroxyl groups is 1. The van der Waals surface area contributed by atoms with Crippen molar-refractivity contribution in [3.8, 4) is 5.75 Å². The van der Waals surface area contributed by atoms with Gasteiger partial charge < -0.3 is 14.7 Å². The molecule has 0 unspecified atom stereocenters. The molecule has 2 aromatic carbocycles. The third-order valence-corrected chi connectivity index (χ3v) is 5.66. The highest BCUT2D eigenvalue weighted by Crippen LogP contribution is 2.42. The summed E-state index contributed by atoms with van der Waals surface area (Å²) in [6, 6.07) is 15.5. The summed E-state index contributed by atoms with van der Waals surface area (Å²) in [5.74, 6) is -0.963. The predicted molar refractivity (Wildman–Crippen MR) is 120 cm³/mol. The Balaban J connectivity index is 0.00000306. The number of pyridine rings is 1. The fraction of sp³-hybridized carbons (Fsp3) is 0.250. The number of carbonyl (C=O) groups excluding carboxylic acids is 1. The van der Waals surface area contributed by atoms with Crippen molar-refractivity contribution in [3.05, 3.63) is 89.2 Å². The zero-order chi connectivity index (χ0) is 22.9. The number of anilines is 1. The first kappa shape index (κ1) is 24.5. The second kappa shape index (κ2) is 9.80. The zero-order valence-corrected chi connectivity index (χ0v) is 18.4. The number of alkyl halides is 3. The third kappa shape index (κ3) is 4.96. The van der Waals surface area contributed by atoms with E-state index in [0.717, 1.165) is 6.07 Å². The molecule has 0 saturated carbocycles. The number of hydrogen-bond acceptors (Lipinski definition) is 4. The number of benzene rings is 2. The molecule has 9 heteroatoms. The minimum Gasteiger partial charge on any atom is -0.497 e. The van der Waals surface area contributed by atoms with Gasteiger partial charge in [0.1, 0.15) is 11.9 Å². The van der Waals surface area contributed by atoms with E-state index in [2.05, 4.69) is 4.98 Å². The monoisotopic (exact) mass is 478 g/mol. The van der Waals surface area contributed by atoms with Crippen LogP contribution < -0.4 is 9.64 Å². The maximum absolute atomic E-state index is 13.9. The van der Waals surface area contributed by atoms with E-state index in [1.165, 1.54) is 24.1 Å². The summed E-state index contributed by atoms with van der Waals surface area (Å²) in [5, 5.41) is 11.0. The van der Waals surface area contributed by atoms with Crippen molar-refractivity contribution in [2.24, 2.45) is 0 Å². The number of rotatable bonds is 4. The Hall–Kier alpha value is -3.10. The van der Waals surface area contributed by atoms with Gasteiger partial charge in [-0.25, -0.2) is 0 Å². The molecule has 1 aliphatic rings. The van der Waals surface area contributed by atoms with Crippen LogP contribution in [0, 0.1) is 0 Å². The van der Waals surface area contributed by atoms with Crippen LogP contribution in [-0.2, 0) is 23.9 Å². The number of amides is 1. The Morgan fingerprint density at radius 1 is 1.09 bits per heavy atom. The quantitative estimate of drug-likeness (QED) is 0.587. The SMILES string of the molecule is COc1ccc([C@@H]2Cc3c(cccc3C(F)(F)F)N(Cc3ccccn3)C(=O)[C@@H]2O)cc1.Cl. The fourth-order valence-electron chi connectivity index (χ4n) is 4.06. The Labute approximate surface area is 195 Å². The standard InChI is InChI=1S/C24H21F3N2O3.ClH/c1-32-17-10-8-15(9-11-17)18-13-19-20(24(25,26)27)6-4-7-21(19)29(23(31)22(18)30)14-16-5-2-3-12-28-16;/h2-12,18,22,30H,13-14H2,1H3;1H/t18-,22+;/m0./s1. The predicted octanol–water partition coefficient (Wildman–Crippen LogP) is 4.76. The van der Waals surface area contributed by atoms with E-state index in [4.69, 9.17) is 4.74 Å². The van der Waals surface area contributed by atoms with Crippen LogP contribution >= 0.6 is 12.4 Å². The Morgan fingerprint density at radius 3 is 2.42 bits per heavy atom. The summed E-state index contributed by atoms with van der Waals surface area (Å²) < 4.78 is 46.8. The number of carbonyl (C=O) groups is 1. The van der Waals surface area contributed by atoms with Crippen LogP contribution in [0.1, 0.15) is 28.3 Å². The molecule has 33 heavy (non-hydrogen) atoms. The van der Waals surface area contributed by atoms with E-state index in [1.54, 1.807) is 48.7 Å². The normalized spacial score (nSPS) is 18.2. The minimum atomic E-state index is -4.61. The number of methoxy groups -OCH3 is 1. The molecule has 0 bridgehead atoms. The molecule has 1 aromatic heterocycles. The van der Waals surface area contributed by atoms with Crippen molar-refractivity contribution < 1.29 is 27.8 Å². The number of aliphatic hydroxyl groups excluding tert-OH is 1. The number of halogens is 4. The second-order valence-corrected chi connectivity index (χ2v) is 7.58. The smallest absolute Gasteiger partial charge is 0.416 e. The van der Waals surface area contributed by atoms with Crippen LogP contribution in [0.15, 0.2) is 66.9 Å². The maximum Gasteiger partial charge on any atom is 0.416 e. The van der Waals surface area contributed by atoms with Gasteiger partial charge in [-0.15, -0.1) is 12.4 Å². The highest BCUT2D eigenvalue weighted by molar-refractivity contribution is 5.98. The van der Waals surface area contributed by atoms with E-state index in [1.807, 2.05) is 0 Å². The molecule has 174 valence electrons. The first-order valence-corrected chi connectivity index (χ1v) is 10.0. The van der Waals surface area contributed by atoms with Crippen LogP contribution in [0.5, 0.6) is 5.75 Å². The number of hydrogen-bond donors (Lipinski definition) is 1. The Bertz CT molecular complexity index is 1110. The van der Waals surface area contributed by atoms with Crippen LogP contribution in [-0.4, -0.2) is 29.2 Å². The number of aromatic nitrogens is 1. The molecule has 5 nitrogen and oxygen atoms in total. The lowest BCUT2D eigenvalue weighted by Crippen LogP contribution is -2.40. The van der Waals surface area contributed by atoms with Gasteiger partial charge in [-0.3, -0.25) is 9.78 Å². The molecule has 2 atom stereocenters. The second-order valence-electron chi connectivity index (χ2n) is 7.58. The van der Waals surface area contributed by atoms with Crippen molar-refractivity contribution in [2.75, 3.05) is 12.0 Å². The molecular formula is C24H22ClF3N2O3. The lowest BCUT2D eigenvalue weighted by Gasteiger charge is -2.26. The average molecular weight is 479 g/mol. The van der Waals surface area contributed by atoms with Crippen LogP contribution in [0.3, 0.4) is 0 Å². The van der Waals surface area contributed by atoms with Crippen molar-refractivity contribution in [1.29, 1.82) is 0 Å². The lowest BCUT2D eigenvalue weighted by atomic mass is 9.86. The van der Waals surface area contributed by atoms with Gasteiger partial charge in [0, 0.05) is 17.8 Å². The van der Waals surface area contributed by atoms with E-state index in [-0.39, 0.29) is 36.6 Å². The molecular weight excluding hydrogens is 457 g/mol. The Kier molecular flexibility index (Phi) is 7.29. The first-order valence-electron chi connectivity index (χ1n) is 10.0. The molecule has 1 amide bonds. The van der Waals surface area contributed by atoms with E-state index >= 15 is 0 Å². The molecule has 0 saturated heterocycles. The van der Waals surface area contributed by atoms with Crippen molar-refractivity contribution >= 4 is 24.0 Å². The number of nitrogens with zero attached hydrogens (tertiary/aromatic N) is 2. The van der Waals surface area contributed by atoms with Crippen LogP contribution in [0.25, 0.3) is 0 Å². The topological polar surface area (TPSA) is 62.7 Å². The van der Waals surface area contributed by atoms with Crippen molar-refractivity contribution in [1.82, 2.24) is 4.98 Å². The zero-order valence-electron chi connectivity index (χ0n) is 17.6. The molecule has 4 rings (SSSR count). The number of ether oxygens (including phenoxy) is 1. The summed E-state index contributed by atoms with van der Waals surface area (Å²) in [4.78, 5) is 18.7. The van der Waals surface area contributed by atoms with Gasteiger partial charge in [0.15, 0.2) is 0 Å². The summed E-state index contributed by atoms with van der Waals surface area (Å²) in [6.45, 7) is -0.0552. The third-order valence-electron chi connectivity index (χ3n) is 5.66. The molecule has 1 N–H and O–H groups in total. The van der Waals surface area contributed by atoms with Gasteiger partial charge in [0.2, 0.25) is 0 Å². The Morgan fingerprint density at radius 2 is 1.82 bits per heavy atom. The number of fused-ring (bicyclic) bond motifs is 1. The molecule has 2 heterocycles. The van der Waals surface area contributed by atoms with Crippen LogP contribution in [0.2, 0.25) is 0 Å². The summed E-state index contributed by atoms with van der Waals surface area (Å²) >= 11 is 0. The highest BCUT2D eigenvalue weighted by Gasteiger charge is 2.42. The highest BCUT2D eigenvalue weighted by atomic mass is 35.5. The molecule has 1 aliphatic heterocycles. The van der Waals surface area contributed by atoms with E-state index in [0.29, 0.717) is 17.0 Å². The van der Waals surface area contributed by atoms with Gasteiger partial charge in [-0.2, -0.15) is 13.2 Å². The van der Waals surface area contributed by atoms with Gasteiger partial charge >= 0.3 is 6.18 Å². The average Bonchev–Trinajstić information content (AvgIpc) is 2.89. The van der Waals surface area contributed by atoms with Crippen molar-refractivity contribution in [3.63, 3.8) is 0 Å². The molecule has 0 fully saturated rings. The summed E-state index contributed by atoms with van der Waals surface area (Å²) in [6.07, 6.45) is -4.74. The van der Waals surface area contributed by atoms with E-state index in [9.17, 15) is 23.1 Å². The molecule has 0 radical (unpaired) electrons. The minimum absolute atomic E-state index is 0. The lowest BCUT2D eigenvalue weighted by molar-refractivity contribution is -0.138. The first-order chi connectivity index (χ1) is 15.3. The van der Waals surface area contributed by atoms with Crippen molar-refractivity contribution in [2.45, 2.75) is 31.2 Å². The van der Waals surface area contributed by atoms with Gasteiger partial charge in [-0.1, -0.05) is 24.3 Å². The van der Waals surface area contributed by atoms with Crippen LogP contribution in [0.4, 0.5) is 18.9 Å².